The van der Waals surface area contributed by atoms with Crippen molar-refractivity contribution in [3.8, 4) is 6.07 Å². The van der Waals surface area contributed by atoms with Crippen LogP contribution in [-0.4, -0.2) is 25.0 Å². The number of nitrogens with one attached hydrogen (secondary N) is 1. The van der Waals surface area contributed by atoms with Crippen LogP contribution in [0.5, 0.6) is 0 Å². The van der Waals surface area contributed by atoms with Crippen molar-refractivity contribution in [1.29, 1.82) is 5.26 Å². The van der Waals surface area contributed by atoms with Crippen LogP contribution in [0.4, 0.5) is 0 Å². The summed E-state index contributed by atoms with van der Waals surface area (Å²) in [5.74, 6) is -0.779. The zero-order valence-electron chi connectivity index (χ0n) is 15.8. The van der Waals surface area contributed by atoms with Gasteiger partial charge in [-0.25, -0.2) is 4.79 Å². The molecule has 3 aromatic rings. The van der Waals surface area contributed by atoms with Crippen molar-refractivity contribution in [3.05, 3.63) is 60.2 Å². The minimum atomic E-state index is -0.742. The number of nitrogens with zero attached hydrogens (tertiary/aromatic N) is 1. The minimum Gasteiger partial charge on any atom is -0.467 e. The van der Waals surface area contributed by atoms with Gasteiger partial charge in [0.15, 0.2) is 0 Å². The Kier molecular flexibility index (Phi) is 6.23. The molecule has 0 aliphatic rings. The van der Waals surface area contributed by atoms with Crippen LogP contribution in [0.15, 0.2) is 54.6 Å². The van der Waals surface area contributed by atoms with E-state index in [0.29, 0.717) is 31.2 Å². The predicted octanol–water partition coefficient (Wildman–Crippen LogP) is 4.35. The average molecular weight is 374 g/mol. The summed E-state index contributed by atoms with van der Waals surface area (Å²) in [6.07, 6.45) is 2.19. The second kappa shape index (κ2) is 9.01. The third-order valence-corrected chi connectivity index (χ3v) is 4.82. The van der Waals surface area contributed by atoms with Gasteiger partial charge in [-0.05, 0) is 46.9 Å². The zero-order valence-corrected chi connectivity index (χ0v) is 15.8. The standard InChI is InChI=1S/C23H22N2O3/c1-28-23(27)20(13-3-2-8-14-24)25-22(26)21-18-11-6-4-9-16(18)15-17-10-5-7-12-19(17)21/h4-7,9-12,15,20H,2-3,8,13H2,1H3,(H,25,26)/t20-/m1/s1. The van der Waals surface area contributed by atoms with Gasteiger partial charge in [0.05, 0.1) is 18.7 Å². The third kappa shape index (κ3) is 4.12. The van der Waals surface area contributed by atoms with Crippen LogP contribution in [0.25, 0.3) is 21.5 Å². The molecule has 0 heterocycles. The maximum atomic E-state index is 13.2. The number of rotatable bonds is 7. The van der Waals surface area contributed by atoms with Crippen LogP contribution < -0.4 is 5.32 Å². The molecule has 0 saturated carbocycles. The first-order chi connectivity index (χ1) is 13.7. The van der Waals surface area contributed by atoms with E-state index in [1.54, 1.807) is 0 Å². The highest BCUT2D eigenvalue weighted by Crippen LogP contribution is 2.28. The topological polar surface area (TPSA) is 79.2 Å². The van der Waals surface area contributed by atoms with Crippen LogP contribution in [0.1, 0.15) is 36.0 Å². The number of benzene rings is 3. The normalized spacial score (nSPS) is 11.7. The molecule has 0 bridgehead atoms. The summed E-state index contributed by atoms with van der Waals surface area (Å²) in [4.78, 5) is 25.4. The molecule has 5 heteroatoms. The first kappa shape index (κ1) is 19.4. The van der Waals surface area contributed by atoms with Crippen LogP contribution in [0.3, 0.4) is 0 Å². The Morgan fingerprint density at radius 1 is 1.04 bits per heavy atom. The molecule has 0 spiro atoms. The van der Waals surface area contributed by atoms with Crippen LogP contribution in [-0.2, 0) is 9.53 Å². The molecular formula is C23H22N2O3. The van der Waals surface area contributed by atoms with Crippen molar-refractivity contribution in [2.45, 2.75) is 31.7 Å². The van der Waals surface area contributed by atoms with Gasteiger partial charge in [-0.3, -0.25) is 4.79 Å². The highest BCUT2D eigenvalue weighted by molar-refractivity contribution is 6.18. The fraction of sp³-hybridized carbons (Fsp3) is 0.261. The first-order valence-electron chi connectivity index (χ1n) is 9.32. The molecule has 142 valence electrons. The van der Waals surface area contributed by atoms with Crippen molar-refractivity contribution in [2.75, 3.05) is 7.11 Å². The molecule has 1 N–H and O–H groups in total. The van der Waals surface area contributed by atoms with Gasteiger partial charge in [0.25, 0.3) is 5.91 Å². The smallest absolute Gasteiger partial charge is 0.328 e. The number of carbonyl (C=O) groups is 2. The van der Waals surface area contributed by atoms with E-state index in [0.717, 1.165) is 21.5 Å². The third-order valence-electron chi connectivity index (χ3n) is 4.82. The lowest BCUT2D eigenvalue weighted by Gasteiger charge is -2.18. The molecule has 28 heavy (non-hydrogen) atoms. The molecule has 1 atom stereocenters. The van der Waals surface area contributed by atoms with E-state index in [-0.39, 0.29) is 5.91 Å². The number of hydrogen-bond acceptors (Lipinski definition) is 4. The highest BCUT2D eigenvalue weighted by Gasteiger charge is 2.23. The molecule has 0 unspecified atom stereocenters. The second-order valence-electron chi connectivity index (χ2n) is 6.65. The van der Waals surface area contributed by atoms with E-state index in [1.807, 2.05) is 48.5 Å². The molecule has 0 aromatic heterocycles. The van der Waals surface area contributed by atoms with E-state index in [2.05, 4.69) is 17.5 Å². The van der Waals surface area contributed by atoms with Crippen molar-refractivity contribution < 1.29 is 14.3 Å². The molecular weight excluding hydrogens is 352 g/mol. The van der Waals surface area contributed by atoms with Crippen molar-refractivity contribution >= 4 is 33.4 Å². The number of unbranched alkanes of at least 4 members (excludes halogenated alkanes) is 2. The molecule has 3 rings (SSSR count). The SMILES string of the molecule is COC(=O)[C@@H](CCCCC#N)NC(=O)c1c2ccccc2cc2ccccc12. The van der Waals surface area contributed by atoms with Gasteiger partial charge in [-0.1, -0.05) is 48.5 Å². The van der Waals surface area contributed by atoms with E-state index in [1.165, 1.54) is 7.11 Å². The lowest BCUT2D eigenvalue weighted by Crippen LogP contribution is -2.41. The second-order valence-corrected chi connectivity index (χ2v) is 6.65. The Hall–Kier alpha value is -3.39. The Morgan fingerprint density at radius 2 is 1.64 bits per heavy atom. The summed E-state index contributed by atoms with van der Waals surface area (Å²) in [5, 5.41) is 15.1. The number of esters is 1. The van der Waals surface area contributed by atoms with E-state index < -0.39 is 12.0 Å². The van der Waals surface area contributed by atoms with Crippen molar-refractivity contribution in [1.82, 2.24) is 5.32 Å². The molecule has 0 aliphatic heterocycles. The molecule has 0 radical (unpaired) electrons. The largest absolute Gasteiger partial charge is 0.467 e. The van der Waals surface area contributed by atoms with Crippen LogP contribution >= 0.6 is 0 Å². The number of fused-ring (bicyclic) bond motifs is 2. The lowest BCUT2D eigenvalue weighted by atomic mass is 9.96. The van der Waals surface area contributed by atoms with Gasteiger partial charge in [0, 0.05) is 6.42 Å². The monoisotopic (exact) mass is 374 g/mol. The fourth-order valence-corrected chi connectivity index (χ4v) is 3.43. The van der Waals surface area contributed by atoms with Gasteiger partial charge in [-0.2, -0.15) is 5.26 Å². The van der Waals surface area contributed by atoms with E-state index in [4.69, 9.17) is 10.00 Å². The predicted molar refractivity (Wildman–Crippen MR) is 109 cm³/mol. The summed E-state index contributed by atoms with van der Waals surface area (Å²) in [6, 6.07) is 18.8. The number of methoxy groups -OCH3 is 1. The maximum Gasteiger partial charge on any atom is 0.328 e. The number of nitriles is 1. The summed E-state index contributed by atoms with van der Waals surface area (Å²) in [5.41, 5.74) is 0.555. The quantitative estimate of drug-likeness (QED) is 0.379. The minimum absolute atomic E-state index is 0.302. The van der Waals surface area contributed by atoms with Gasteiger partial charge in [0.2, 0.25) is 0 Å². The van der Waals surface area contributed by atoms with Gasteiger partial charge in [-0.15, -0.1) is 0 Å². The Labute approximate surface area is 163 Å². The molecule has 1 amide bonds. The average Bonchev–Trinajstić information content (AvgIpc) is 2.73. The van der Waals surface area contributed by atoms with Gasteiger partial charge in [0.1, 0.15) is 6.04 Å². The van der Waals surface area contributed by atoms with Crippen LogP contribution in [0, 0.1) is 11.3 Å². The van der Waals surface area contributed by atoms with Crippen molar-refractivity contribution in [3.63, 3.8) is 0 Å². The zero-order chi connectivity index (χ0) is 19.9. The molecule has 5 nitrogen and oxygen atoms in total. The Bertz CT molecular complexity index is 999. The van der Waals surface area contributed by atoms with E-state index >= 15 is 0 Å². The number of ether oxygens (including phenoxy) is 1. The molecule has 3 aromatic carbocycles. The molecule has 0 saturated heterocycles. The van der Waals surface area contributed by atoms with Crippen LogP contribution in [0.2, 0.25) is 0 Å². The summed E-state index contributed by atoms with van der Waals surface area (Å²) in [6.45, 7) is 0. The first-order valence-corrected chi connectivity index (χ1v) is 9.32. The highest BCUT2D eigenvalue weighted by atomic mass is 16.5. The maximum absolute atomic E-state index is 13.2. The molecule has 0 aliphatic carbocycles. The Morgan fingerprint density at radius 3 is 2.21 bits per heavy atom. The lowest BCUT2D eigenvalue weighted by molar-refractivity contribution is -0.143. The summed E-state index contributed by atoms with van der Waals surface area (Å²) < 4.78 is 4.86. The van der Waals surface area contributed by atoms with Gasteiger partial charge >= 0.3 is 5.97 Å². The summed E-state index contributed by atoms with van der Waals surface area (Å²) in [7, 11) is 1.31. The summed E-state index contributed by atoms with van der Waals surface area (Å²) >= 11 is 0. The fourth-order valence-electron chi connectivity index (χ4n) is 3.43. The number of amides is 1. The Balaban J connectivity index is 1.96. The van der Waals surface area contributed by atoms with Gasteiger partial charge < -0.3 is 10.1 Å². The number of carbonyl (C=O) groups excluding carboxylic acids is 2. The van der Waals surface area contributed by atoms with Crippen molar-refractivity contribution in [2.24, 2.45) is 0 Å². The molecule has 0 fully saturated rings. The number of hydrogen-bond donors (Lipinski definition) is 1. The van der Waals surface area contributed by atoms with E-state index in [9.17, 15) is 9.59 Å².